The third-order valence-corrected chi connectivity index (χ3v) is 17.0. The molecule has 1 saturated heterocycles. The van der Waals surface area contributed by atoms with Gasteiger partial charge >= 0.3 is 0 Å². The monoisotopic (exact) mass is 1320 g/mol. The van der Waals surface area contributed by atoms with E-state index in [0.717, 1.165) is 48.5 Å². The summed E-state index contributed by atoms with van der Waals surface area (Å²) in [6.07, 6.45) is -2.44. The molecule has 7 aliphatic heterocycles. The Bertz CT molecular complexity index is 4280. The molecule has 94 heavy (non-hydrogen) atoms. The number of hydrogen-bond donors (Lipinski definition) is 15. The van der Waals surface area contributed by atoms with Crippen LogP contribution in [0.4, 0.5) is 0 Å². The van der Waals surface area contributed by atoms with Gasteiger partial charge in [0.05, 0.1) is 29.9 Å². The van der Waals surface area contributed by atoms with Crippen LogP contribution in [0.15, 0.2) is 115 Å². The minimum absolute atomic E-state index is 0.0241. The van der Waals surface area contributed by atoms with Gasteiger partial charge in [0, 0.05) is 48.8 Å². The molecular weight excluding hydrogens is 1270 g/mol. The summed E-state index contributed by atoms with van der Waals surface area (Å²) in [5.41, 5.74) is -1.37. The Morgan fingerprint density at radius 2 is 1.16 bits per heavy atom. The molecule has 17 bridgehead atoms. The lowest BCUT2D eigenvalue weighted by molar-refractivity contribution is -0.142. The van der Waals surface area contributed by atoms with Crippen LogP contribution in [-0.4, -0.2) is 138 Å². The zero-order valence-corrected chi connectivity index (χ0v) is 50.7. The van der Waals surface area contributed by atoms with Crippen LogP contribution in [0.5, 0.6) is 69.0 Å². The van der Waals surface area contributed by atoms with Crippen LogP contribution in [-0.2, 0) is 44.7 Å². The van der Waals surface area contributed by atoms with Gasteiger partial charge in [-0.2, -0.15) is 0 Å². The van der Waals surface area contributed by atoms with Crippen LogP contribution in [0.25, 0.3) is 11.1 Å². The van der Waals surface area contributed by atoms with Gasteiger partial charge in [-0.25, -0.2) is 0 Å². The topological polar surface area (TPSA) is 406 Å². The average Bonchev–Trinajstić information content (AvgIpc) is 0.770. The van der Waals surface area contributed by atoms with E-state index in [2.05, 4.69) is 37.2 Å². The lowest BCUT2D eigenvalue weighted by atomic mass is 9.89. The first-order valence-corrected chi connectivity index (χ1v) is 30.0. The van der Waals surface area contributed by atoms with Crippen molar-refractivity contribution >= 4 is 64.6 Å². The first kappa shape index (κ1) is 63.6. The number of ether oxygens (including phenoxy) is 4. The molecule has 0 saturated carbocycles. The van der Waals surface area contributed by atoms with E-state index in [1.165, 1.54) is 71.6 Å². The molecule has 1 unspecified atom stereocenters. The van der Waals surface area contributed by atoms with Gasteiger partial charge in [0.2, 0.25) is 47.1 Å². The minimum Gasteiger partial charge on any atom is -0.508 e. The van der Waals surface area contributed by atoms with Gasteiger partial charge in [-0.3, -0.25) is 38.9 Å². The lowest BCUT2D eigenvalue weighted by Crippen LogP contribution is -2.56. The number of carbonyl (C=O) groups is 7. The molecule has 7 aromatic rings. The molecule has 27 nitrogen and oxygen atoms in total. The number of rotatable bonds is 4. The third-order valence-electron chi connectivity index (χ3n) is 16.4. The molecule has 7 heterocycles. The SMILES string of the molecule is CC(CO)N[C@@H]1C(=O)N[C@@H]2Cc3ccc(c(Cl)c3)Oc3cc4cc(c3O)Oc3ccc(cc3Cl)[C@@H](O)[C@@H]3NC(=O)[C@H](NC(=O)[C@@H]4NC(=O)[C@@H](NC2=O)c2cc(O)cc(c2)Oc2cc1ccc2O)c1ccc(O)c(c1)-c1c(O)cc(O)cc1[C@@H](C(=O)N1CCOCC1)NC3=O. The molecule has 7 aromatic carbocycles. The van der Waals surface area contributed by atoms with Gasteiger partial charge in [-0.15, -0.1) is 0 Å². The summed E-state index contributed by atoms with van der Waals surface area (Å²) in [7, 11) is 0. The van der Waals surface area contributed by atoms with E-state index in [4.69, 9.17) is 42.1 Å². The molecule has 486 valence electrons. The van der Waals surface area contributed by atoms with E-state index in [9.17, 15) is 50.4 Å². The van der Waals surface area contributed by atoms with E-state index in [-0.39, 0.29) is 110 Å². The largest absolute Gasteiger partial charge is 0.508 e. The van der Waals surface area contributed by atoms with Crippen molar-refractivity contribution in [1.82, 2.24) is 42.1 Å². The minimum atomic E-state index is -2.17. The Balaban J connectivity index is 1.06. The zero-order chi connectivity index (χ0) is 66.5. The number of aliphatic hydroxyl groups is 2. The first-order chi connectivity index (χ1) is 45.0. The molecule has 0 spiro atoms. The van der Waals surface area contributed by atoms with Gasteiger partial charge in [0.1, 0.15) is 88.6 Å². The van der Waals surface area contributed by atoms with Crippen molar-refractivity contribution in [1.29, 1.82) is 0 Å². The van der Waals surface area contributed by atoms with E-state index in [0.29, 0.717) is 5.56 Å². The van der Waals surface area contributed by atoms with Gasteiger partial charge in [-0.1, -0.05) is 47.5 Å². The van der Waals surface area contributed by atoms with Gasteiger partial charge in [-0.05, 0) is 125 Å². The van der Waals surface area contributed by atoms with E-state index in [1.807, 2.05) is 0 Å². The number of amides is 7. The second kappa shape index (κ2) is 25.9. The predicted octanol–water partition coefficient (Wildman–Crippen LogP) is 4.77. The van der Waals surface area contributed by atoms with Crippen LogP contribution in [0, 0.1) is 0 Å². The van der Waals surface area contributed by atoms with Crippen molar-refractivity contribution in [3.8, 4) is 80.1 Å². The molecule has 14 rings (SSSR count). The Labute approximate surface area is 542 Å². The quantitative estimate of drug-likeness (QED) is 0.113. The maximum absolute atomic E-state index is 15.9. The third kappa shape index (κ3) is 12.7. The number of benzene rings is 7. The van der Waals surface area contributed by atoms with E-state index < -0.39 is 148 Å². The maximum Gasteiger partial charge on any atom is 0.249 e. The Morgan fingerprint density at radius 1 is 0.564 bits per heavy atom. The van der Waals surface area contributed by atoms with Crippen LogP contribution in [0.1, 0.15) is 82.2 Å². The van der Waals surface area contributed by atoms with Crippen molar-refractivity contribution < 1.29 is 93.4 Å². The van der Waals surface area contributed by atoms with Gasteiger partial charge in [0.15, 0.2) is 23.0 Å². The second-order valence-electron chi connectivity index (χ2n) is 22.9. The molecule has 9 atom stereocenters. The highest BCUT2D eigenvalue weighted by Gasteiger charge is 2.42. The van der Waals surface area contributed by atoms with Crippen LogP contribution in [0.3, 0.4) is 0 Å². The normalized spacial score (nSPS) is 22.4. The molecule has 7 aliphatic rings. The molecule has 0 aliphatic carbocycles. The van der Waals surface area contributed by atoms with Crippen LogP contribution in [0.2, 0.25) is 10.0 Å². The van der Waals surface area contributed by atoms with Crippen LogP contribution >= 0.6 is 23.2 Å². The van der Waals surface area contributed by atoms with Crippen molar-refractivity contribution in [2.24, 2.45) is 0 Å². The summed E-state index contributed by atoms with van der Waals surface area (Å²) < 4.78 is 24.2. The number of phenols is 6. The number of carbonyl (C=O) groups excluding carboxylic acids is 7. The number of morpholine rings is 1. The average molecular weight is 1330 g/mol. The highest BCUT2D eigenvalue weighted by molar-refractivity contribution is 6.32. The number of halogens is 2. The fraction of sp³-hybridized carbons (Fsp3) is 0.246. The standard InChI is InChI=1S/C65H58Cl2N8O19/c1-27(26-76)68-51-30-4-7-43(80)47(20-30)92-36-17-32(16-34(77)23-36)53-62(87)72-54-33-21-48(93-45-8-2-28(14-39(45)66)15-41(59(84)70-53)69-60(51)85)58(83)49(22-33)94-46-9-5-31(19-40(46)67)57(82)56-64(89)73-55(65(90)75-10-12-91-13-11-75)38-24-35(78)25-44(81)50(38)37-18-29(3-6-42(37)79)52(61(86)74-56)71-63(54)88/h2-9,14,16-25,27,41,51-57,68,76-83H,10-13,15,26H2,1H3,(H,69,85)(H,70,84)(H,71,88)(H,72,87)(H,73,89)(H,74,86)/t27?,41-,51+,52-,53+,54-,55+,56+,57-/m1/s1. The lowest BCUT2D eigenvalue weighted by Gasteiger charge is -2.34. The molecule has 15 N–H and O–H groups in total. The number of phenolic OH excluding ortho intramolecular Hbond substituents is 6. The molecular formula is C65H58Cl2N8O19. The number of hydrogen-bond acceptors (Lipinski definition) is 20. The van der Waals surface area contributed by atoms with Gasteiger partial charge < -0.3 is 96.6 Å². The number of fused-ring (bicyclic) bond motifs is 14. The molecule has 7 amide bonds. The summed E-state index contributed by atoms with van der Waals surface area (Å²) in [5.74, 6) is -13.3. The summed E-state index contributed by atoms with van der Waals surface area (Å²) in [6, 6.07) is 8.89. The van der Waals surface area contributed by atoms with Gasteiger partial charge in [0.25, 0.3) is 0 Å². The number of aromatic hydroxyl groups is 6. The van der Waals surface area contributed by atoms with Crippen molar-refractivity contribution in [2.45, 2.75) is 67.8 Å². The first-order valence-electron chi connectivity index (χ1n) is 29.3. The smallest absolute Gasteiger partial charge is 0.249 e. The fourth-order valence-electron chi connectivity index (χ4n) is 11.7. The molecule has 29 heteroatoms. The highest BCUT2D eigenvalue weighted by Crippen LogP contribution is 2.48. The number of nitrogens with zero attached hydrogens (tertiary/aromatic N) is 1. The second-order valence-corrected chi connectivity index (χ2v) is 23.7. The number of nitrogens with one attached hydrogen (secondary N) is 7. The summed E-state index contributed by atoms with van der Waals surface area (Å²) in [5, 5.41) is 110. The van der Waals surface area contributed by atoms with Crippen molar-refractivity contribution in [3.05, 3.63) is 164 Å². The zero-order valence-electron chi connectivity index (χ0n) is 49.2. The fourth-order valence-corrected chi connectivity index (χ4v) is 12.2. The number of aliphatic hydroxyl groups excluding tert-OH is 2. The Hall–Kier alpha value is -10.6. The van der Waals surface area contributed by atoms with Crippen molar-refractivity contribution in [2.75, 3.05) is 32.9 Å². The Morgan fingerprint density at radius 3 is 1.84 bits per heavy atom. The Kier molecular flexibility index (Phi) is 17.5. The molecule has 0 radical (unpaired) electrons. The van der Waals surface area contributed by atoms with Crippen molar-refractivity contribution in [3.63, 3.8) is 0 Å². The van der Waals surface area contributed by atoms with Crippen LogP contribution < -0.4 is 51.4 Å². The summed E-state index contributed by atoms with van der Waals surface area (Å²) >= 11 is 13.9. The maximum atomic E-state index is 15.9. The summed E-state index contributed by atoms with van der Waals surface area (Å²) in [6.45, 7) is 1.35. The van der Waals surface area contributed by atoms with E-state index >= 15 is 24.0 Å². The van der Waals surface area contributed by atoms with E-state index in [1.54, 1.807) is 6.92 Å². The molecule has 1 fully saturated rings. The predicted molar refractivity (Wildman–Crippen MR) is 330 cm³/mol. The molecule has 0 aromatic heterocycles. The summed E-state index contributed by atoms with van der Waals surface area (Å²) in [4.78, 5) is 108. The highest BCUT2D eigenvalue weighted by atomic mass is 35.5.